The highest BCUT2D eigenvalue weighted by Crippen LogP contribution is 2.49. The molecule has 4 aromatic carbocycles. The Hall–Kier alpha value is -3.97. The van der Waals surface area contributed by atoms with E-state index in [9.17, 15) is 0 Å². The Morgan fingerprint density at radius 2 is 1.03 bits per heavy atom. The summed E-state index contributed by atoms with van der Waals surface area (Å²) in [5.41, 5.74) is 12.1. The van der Waals surface area contributed by atoms with E-state index >= 15 is 0 Å². The van der Waals surface area contributed by atoms with E-state index in [-0.39, 0.29) is 5.41 Å². The van der Waals surface area contributed by atoms with Crippen LogP contribution in [0.2, 0.25) is 0 Å². The van der Waals surface area contributed by atoms with E-state index in [0.29, 0.717) is 0 Å². The fourth-order valence-corrected chi connectivity index (χ4v) is 5.10. The molecule has 0 amide bonds. The first-order chi connectivity index (χ1) is 16.1. The number of rotatable bonds is 3. The van der Waals surface area contributed by atoms with Crippen molar-refractivity contribution in [3.63, 3.8) is 0 Å². The molecule has 0 N–H and O–H groups in total. The molecule has 5 aromatic rings. The lowest BCUT2D eigenvalue weighted by Crippen LogP contribution is -2.14. The minimum atomic E-state index is -0.0266. The van der Waals surface area contributed by atoms with E-state index < -0.39 is 0 Å². The average molecular weight is 424 g/mol. The topological polar surface area (TPSA) is 12.9 Å². The van der Waals surface area contributed by atoms with Crippen molar-refractivity contribution in [1.82, 2.24) is 4.98 Å². The van der Waals surface area contributed by atoms with Gasteiger partial charge in [-0.25, -0.2) is 4.98 Å². The number of hydrogen-bond donors (Lipinski definition) is 0. The van der Waals surface area contributed by atoms with Gasteiger partial charge >= 0.3 is 0 Å². The van der Waals surface area contributed by atoms with Gasteiger partial charge in [0.15, 0.2) is 0 Å². The van der Waals surface area contributed by atoms with Gasteiger partial charge in [0.1, 0.15) is 0 Å². The van der Waals surface area contributed by atoms with Crippen LogP contribution in [0, 0.1) is 0 Å². The molecule has 0 aliphatic heterocycles. The van der Waals surface area contributed by atoms with Crippen LogP contribution in [0.5, 0.6) is 0 Å². The average Bonchev–Trinajstić information content (AvgIpc) is 3.11. The van der Waals surface area contributed by atoms with Gasteiger partial charge in [0.2, 0.25) is 0 Å². The SMILES string of the molecule is CC1(C)c2ccccc2-c2ccc(-c3cc(-c4ccccc4)cc(-c4ccccc4)n3)cc21. The molecular weight excluding hydrogens is 398 g/mol. The lowest BCUT2D eigenvalue weighted by Gasteiger charge is -2.22. The molecule has 0 saturated heterocycles. The Labute approximate surface area is 195 Å². The molecule has 1 heteroatoms. The predicted octanol–water partition coefficient (Wildman–Crippen LogP) is 8.39. The van der Waals surface area contributed by atoms with Crippen LogP contribution in [-0.4, -0.2) is 4.98 Å². The molecule has 6 rings (SSSR count). The first-order valence-corrected chi connectivity index (χ1v) is 11.5. The Balaban J connectivity index is 1.54. The monoisotopic (exact) mass is 423 g/mol. The molecule has 0 bridgehead atoms. The maximum Gasteiger partial charge on any atom is 0.0715 e. The standard InChI is InChI=1S/C32H25N/c1-32(2)28-16-10-9-15-26(28)27-18-17-24(19-29(27)32)31-21-25(22-11-5-3-6-12-22)20-30(33-31)23-13-7-4-8-14-23/h3-21H,1-2H3. The predicted molar refractivity (Wildman–Crippen MR) is 138 cm³/mol. The van der Waals surface area contributed by atoms with E-state index in [2.05, 4.69) is 123 Å². The smallest absolute Gasteiger partial charge is 0.0715 e. The van der Waals surface area contributed by atoms with Gasteiger partial charge in [-0.2, -0.15) is 0 Å². The van der Waals surface area contributed by atoms with Gasteiger partial charge in [-0.15, -0.1) is 0 Å². The maximum absolute atomic E-state index is 5.12. The minimum absolute atomic E-state index is 0.0266. The lowest BCUT2D eigenvalue weighted by molar-refractivity contribution is 0.660. The van der Waals surface area contributed by atoms with Gasteiger partial charge in [0.05, 0.1) is 11.4 Å². The fraction of sp³-hybridized carbons (Fsp3) is 0.0938. The fourth-order valence-electron chi connectivity index (χ4n) is 5.10. The number of pyridine rings is 1. The van der Waals surface area contributed by atoms with Crippen molar-refractivity contribution in [3.05, 3.63) is 126 Å². The van der Waals surface area contributed by atoms with Gasteiger partial charge in [-0.05, 0) is 51.6 Å². The van der Waals surface area contributed by atoms with Gasteiger partial charge in [-0.3, -0.25) is 0 Å². The van der Waals surface area contributed by atoms with Crippen molar-refractivity contribution in [3.8, 4) is 44.8 Å². The summed E-state index contributed by atoms with van der Waals surface area (Å²) in [6.07, 6.45) is 0. The molecular formula is C32H25N. The number of nitrogens with zero attached hydrogens (tertiary/aromatic N) is 1. The van der Waals surface area contributed by atoms with Crippen LogP contribution in [0.1, 0.15) is 25.0 Å². The number of benzene rings is 4. The molecule has 0 spiro atoms. The zero-order chi connectivity index (χ0) is 22.4. The van der Waals surface area contributed by atoms with E-state index in [1.165, 1.54) is 33.4 Å². The van der Waals surface area contributed by atoms with Crippen LogP contribution in [0.3, 0.4) is 0 Å². The molecule has 1 aromatic heterocycles. The summed E-state index contributed by atoms with van der Waals surface area (Å²) >= 11 is 0. The van der Waals surface area contributed by atoms with Gasteiger partial charge in [-0.1, -0.05) is 111 Å². The summed E-state index contributed by atoms with van der Waals surface area (Å²) in [5.74, 6) is 0. The van der Waals surface area contributed by atoms with Crippen LogP contribution in [0.4, 0.5) is 0 Å². The molecule has 1 heterocycles. The summed E-state index contributed by atoms with van der Waals surface area (Å²) in [6.45, 7) is 4.65. The van der Waals surface area contributed by atoms with Crippen LogP contribution < -0.4 is 0 Å². The molecule has 1 nitrogen and oxygen atoms in total. The normalized spacial score (nSPS) is 13.4. The Morgan fingerprint density at radius 1 is 0.455 bits per heavy atom. The summed E-state index contributed by atoms with van der Waals surface area (Å²) in [4.78, 5) is 5.12. The highest BCUT2D eigenvalue weighted by Gasteiger charge is 2.35. The summed E-state index contributed by atoms with van der Waals surface area (Å²) in [7, 11) is 0. The third-order valence-electron chi connectivity index (χ3n) is 6.88. The van der Waals surface area contributed by atoms with E-state index in [0.717, 1.165) is 22.5 Å². The lowest BCUT2D eigenvalue weighted by atomic mass is 9.82. The molecule has 33 heavy (non-hydrogen) atoms. The molecule has 0 unspecified atom stereocenters. The van der Waals surface area contributed by atoms with Crippen molar-refractivity contribution in [2.24, 2.45) is 0 Å². The third-order valence-corrected chi connectivity index (χ3v) is 6.88. The molecule has 1 aliphatic rings. The molecule has 158 valence electrons. The highest BCUT2D eigenvalue weighted by atomic mass is 14.7. The van der Waals surface area contributed by atoms with Crippen molar-refractivity contribution < 1.29 is 0 Å². The maximum atomic E-state index is 5.12. The first-order valence-electron chi connectivity index (χ1n) is 11.5. The van der Waals surface area contributed by atoms with Crippen LogP contribution >= 0.6 is 0 Å². The van der Waals surface area contributed by atoms with Crippen molar-refractivity contribution in [2.75, 3.05) is 0 Å². The second kappa shape index (κ2) is 7.56. The van der Waals surface area contributed by atoms with Gasteiger partial charge < -0.3 is 0 Å². The number of fused-ring (bicyclic) bond motifs is 3. The first kappa shape index (κ1) is 19.7. The summed E-state index contributed by atoms with van der Waals surface area (Å²) in [5, 5.41) is 0. The van der Waals surface area contributed by atoms with E-state index in [4.69, 9.17) is 4.98 Å². The zero-order valence-electron chi connectivity index (χ0n) is 18.9. The number of aromatic nitrogens is 1. The van der Waals surface area contributed by atoms with E-state index in [1.54, 1.807) is 0 Å². The molecule has 1 aliphatic carbocycles. The largest absolute Gasteiger partial charge is 0.248 e. The Morgan fingerprint density at radius 3 is 1.76 bits per heavy atom. The van der Waals surface area contributed by atoms with Gasteiger partial charge in [0, 0.05) is 16.5 Å². The zero-order valence-corrected chi connectivity index (χ0v) is 18.9. The molecule has 0 fully saturated rings. The van der Waals surface area contributed by atoms with Crippen molar-refractivity contribution >= 4 is 0 Å². The molecule has 0 atom stereocenters. The van der Waals surface area contributed by atoms with Crippen LogP contribution in [-0.2, 0) is 5.41 Å². The van der Waals surface area contributed by atoms with Crippen LogP contribution in [0.25, 0.3) is 44.8 Å². The molecule has 0 saturated carbocycles. The summed E-state index contributed by atoms with van der Waals surface area (Å²) < 4.78 is 0. The van der Waals surface area contributed by atoms with Crippen molar-refractivity contribution in [2.45, 2.75) is 19.3 Å². The van der Waals surface area contributed by atoms with Gasteiger partial charge in [0.25, 0.3) is 0 Å². The summed E-state index contributed by atoms with van der Waals surface area (Å²) in [6, 6.07) is 41.1. The second-order valence-electron chi connectivity index (χ2n) is 9.29. The second-order valence-corrected chi connectivity index (χ2v) is 9.29. The third kappa shape index (κ3) is 3.29. The van der Waals surface area contributed by atoms with Crippen LogP contribution in [0.15, 0.2) is 115 Å². The number of hydrogen-bond acceptors (Lipinski definition) is 1. The quantitative estimate of drug-likeness (QED) is 0.284. The Kier molecular flexibility index (Phi) is 4.52. The minimum Gasteiger partial charge on any atom is -0.248 e. The highest BCUT2D eigenvalue weighted by molar-refractivity contribution is 5.84. The van der Waals surface area contributed by atoms with E-state index in [1.807, 2.05) is 6.07 Å². The molecule has 0 radical (unpaired) electrons. The van der Waals surface area contributed by atoms with Crippen molar-refractivity contribution in [1.29, 1.82) is 0 Å². The Bertz CT molecular complexity index is 1410.